The van der Waals surface area contributed by atoms with E-state index in [1.54, 1.807) is 0 Å². The van der Waals surface area contributed by atoms with Gasteiger partial charge in [0.05, 0.1) is 0 Å². The number of hydrogen-bond donors (Lipinski definition) is 0. The molecule has 0 aliphatic rings. The Labute approximate surface area is 115 Å². The molecular weight excluding hydrogens is 236 g/mol. The van der Waals surface area contributed by atoms with Crippen molar-refractivity contribution in [3.05, 3.63) is 35.7 Å². The second-order valence-electron chi connectivity index (χ2n) is 6.30. The predicted octanol–water partition coefficient (Wildman–Crippen LogP) is 4.41. The van der Waals surface area contributed by atoms with Crippen molar-refractivity contribution in [2.75, 3.05) is 0 Å². The number of hydrogen-bond acceptors (Lipinski definition) is 3. The second kappa shape index (κ2) is 5.55. The van der Waals surface area contributed by atoms with Crippen molar-refractivity contribution in [3.63, 3.8) is 0 Å². The zero-order valence-corrected chi connectivity index (χ0v) is 12.2. The predicted molar refractivity (Wildman–Crippen MR) is 76.9 cm³/mol. The average Bonchev–Trinajstić information content (AvgIpc) is 2.77. The van der Waals surface area contributed by atoms with E-state index in [-0.39, 0.29) is 0 Å². The molecule has 0 saturated heterocycles. The van der Waals surface area contributed by atoms with Gasteiger partial charge < -0.3 is 4.52 Å². The van der Waals surface area contributed by atoms with Gasteiger partial charge in [0, 0.05) is 12.0 Å². The van der Waals surface area contributed by atoms with Crippen LogP contribution >= 0.6 is 0 Å². The molecule has 1 aromatic heterocycles. The number of benzene rings is 1. The smallest absolute Gasteiger partial charge is 0.257 e. The van der Waals surface area contributed by atoms with Gasteiger partial charge in [0.25, 0.3) is 5.89 Å². The Morgan fingerprint density at radius 3 is 2.42 bits per heavy atom. The topological polar surface area (TPSA) is 38.9 Å². The normalized spacial score (nSPS) is 11.8. The quantitative estimate of drug-likeness (QED) is 0.815. The second-order valence-corrected chi connectivity index (χ2v) is 6.30. The molecule has 0 aliphatic heterocycles. The van der Waals surface area contributed by atoms with E-state index < -0.39 is 0 Å². The van der Waals surface area contributed by atoms with Gasteiger partial charge in [0.2, 0.25) is 0 Å². The van der Waals surface area contributed by atoms with Gasteiger partial charge in [-0.1, -0.05) is 43.6 Å². The van der Waals surface area contributed by atoms with Crippen molar-refractivity contribution in [3.8, 4) is 11.5 Å². The molecule has 1 heterocycles. The Hall–Kier alpha value is -1.64. The number of nitrogens with zero attached hydrogens (tertiary/aromatic N) is 2. The van der Waals surface area contributed by atoms with E-state index in [0.29, 0.717) is 11.3 Å². The Bertz CT molecular complexity index is 520. The summed E-state index contributed by atoms with van der Waals surface area (Å²) in [5.41, 5.74) is 2.58. The number of aryl methyl sites for hydroxylation is 2. The molecule has 0 aliphatic carbocycles. The van der Waals surface area contributed by atoms with Crippen LogP contribution in [-0.4, -0.2) is 10.1 Å². The summed E-state index contributed by atoms with van der Waals surface area (Å²) < 4.78 is 5.31. The fraction of sp³-hybridized carbons (Fsp3) is 0.500. The highest BCUT2D eigenvalue weighted by atomic mass is 16.5. The summed E-state index contributed by atoms with van der Waals surface area (Å²) in [5, 5.41) is 4.05. The maximum Gasteiger partial charge on any atom is 0.257 e. The first kappa shape index (κ1) is 13.8. The highest BCUT2D eigenvalue weighted by Crippen LogP contribution is 2.22. The van der Waals surface area contributed by atoms with Crippen LogP contribution in [0.5, 0.6) is 0 Å². The van der Waals surface area contributed by atoms with Gasteiger partial charge >= 0.3 is 0 Å². The molecule has 3 heteroatoms. The van der Waals surface area contributed by atoms with Gasteiger partial charge in [-0.05, 0) is 37.3 Å². The van der Waals surface area contributed by atoms with Gasteiger partial charge in [-0.2, -0.15) is 4.98 Å². The fourth-order valence-electron chi connectivity index (χ4n) is 1.95. The largest absolute Gasteiger partial charge is 0.334 e. The molecule has 0 N–H and O–H groups in total. The SMILES string of the molecule is Cc1ccc(-c2nc(CCCC(C)(C)C)no2)cc1. The summed E-state index contributed by atoms with van der Waals surface area (Å²) in [5.74, 6) is 1.42. The average molecular weight is 258 g/mol. The van der Waals surface area contributed by atoms with Gasteiger partial charge in [-0.3, -0.25) is 0 Å². The van der Waals surface area contributed by atoms with Crippen molar-refractivity contribution < 1.29 is 4.52 Å². The molecule has 3 nitrogen and oxygen atoms in total. The molecule has 0 amide bonds. The fourth-order valence-corrected chi connectivity index (χ4v) is 1.95. The third kappa shape index (κ3) is 4.19. The molecule has 102 valence electrons. The molecule has 19 heavy (non-hydrogen) atoms. The zero-order valence-electron chi connectivity index (χ0n) is 12.2. The highest BCUT2D eigenvalue weighted by Gasteiger charge is 2.12. The zero-order chi connectivity index (χ0) is 13.9. The minimum absolute atomic E-state index is 0.365. The van der Waals surface area contributed by atoms with Crippen LogP contribution in [0.4, 0.5) is 0 Å². The number of rotatable bonds is 4. The lowest BCUT2D eigenvalue weighted by molar-refractivity contribution is 0.361. The molecule has 0 spiro atoms. The molecule has 0 radical (unpaired) electrons. The maximum absolute atomic E-state index is 5.31. The van der Waals surface area contributed by atoms with Crippen molar-refractivity contribution in [2.24, 2.45) is 5.41 Å². The van der Waals surface area contributed by atoms with E-state index in [9.17, 15) is 0 Å². The van der Waals surface area contributed by atoms with E-state index in [2.05, 4.69) is 50.0 Å². The molecule has 0 saturated carbocycles. The molecule has 0 fully saturated rings. The summed E-state index contributed by atoms with van der Waals surface area (Å²) >= 11 is 0. The lowest BCUT2D eigenvalue weighted by Gasteiger charge is -2.16. The third-order valence-electron chi connectivity index (χ3n) is 3.09. The summed E-state index contributed by atoms with van der Waals surface area (Å²) in [7, 11) is 0. The molecule has 0 unspecified atom stereocenters. The van der Waals surface area contributed by atoms with E-state index in [1.807, 2.05) is 12.1 Å². The molecular formula is C16H22N2O. The first-order valence-electron chi connectivity index (χ1n) is 6.84. The molecule has 0 bridgehead atoms. The standard InChI is InChI=1S/C16H22N2O/c1-12-7-9-13(10-8-12)15-17-14(18-19-15)6-5-11-16(2,3)4/h7-10H,5-6,11H2,1-4H3. The summed E-state index contributed by atoms with van der Waals surface area (Å²) in [6.45, 7) is 8.82. The van der Waals surface area contributed by atoms with E-state index in [0.717, 1.165) is 24.2 Å². The molecule has 2 rings (SSSR count). The van der Waals surface area contributed by atoms with Crippen LogP contribution < -0.4 is 0 Å². The van der Waals surface area contributed by atoms with Gasteiger partial charge in [-0.25, -0.2) is 0 Å². The van der Waals surface area contributed by atoms with E-state index in [4.69, 9.17) is 4.52 Å². The van der Waals surface area contributed by atoms with Gasteiger partial charge in [-0.15, -0.1) is 0 Å². The minimum Gasteiger partial charge on any atom is -0.334 e. The van der Waals surface area contributed by atoms with Gasteiger partial charge in [0.15, 0.2) is 5.82 Å². The lowest BCUT2D eigenvalue weighted by Crippen LogP contribution is -2.05. The van der Waals surface area contributed by atoms with Crippen molar-refractivity contribution in [1.29, 1.82) is 0 Å². The third-order valence-corrected chi connectivity index (χ3v) is 3.09. The number of aromatic nitrogens is 2. The van der Waals surface area contributed by atoms with Crippen molar-refractivity contribution in [2.45, 2.75) is 47.0 Å². The van der Waals surface area contributed by atoms with Crippen LogP contribution in [0.2, 0.25) is 0 Å². The molecule has 2 aromatic rings. The summed E-state index contributed by atoms with van der Waals surface area (Å²) in [4.78, 5) is 4.45. The van der Waals surface area contributed by atoms with Crippen molar-refractivity contribution in [1.82, 2.24) is 10.1 Å². The Morgan fingerprint density at radius 2 is 1.79 bits per heavy atom. The van der Waals surface area contributed by atoms with E-state index >= 15 is 0 Å². The van der Waals surface area contributed by atoms with Gasteiger partial charge in [0.1, 0.15) is 0 Å². The first-order valence-corrected chi connectivity index (χ1v) is 6.84. The minimum atomic E-state index is 0.365. The summed E-state index contributed by atoms with van der Waals surface area (Å²) in [6, 6.07) is 8.14. The van der Waals surface area contributed by atoms with Crippen LogP contribution in [0.25, 0.3) is 11.5 Å². The summed E-state index contributed by atoms with van der Waals surface area (Å²) in [6.07, 6.45) is 3.14. The Kier molecular flexibility index (Phi) is 4.03. The van der Waals surface area contributed by atoms with Crippen LogP contribution in [0.15, 0.2) is 28.8 Å². The molecule has 1 aromatic carbocycles. The van der Waals surface area contributed by atoms with Crippen molar-refractivity contribution >= 4 is 0 Å². The Balaban J connectivity index is 1.97. The highest BCUT2D eigenvalue weighted by molar-refractivity contribution is 5.53. The van der Waals surface area contributed by atoms with Crippen LogP contribution in [0, 0.1) is 12.3 Å². The first-order chi connectivity index (χ1) is 8.94. The monoisotopic (exact) mass is 258 g/mol. The van der Waals surface area contributed by atoms with Crippen LogP contribution in [-0.2, 0) is 6.42 Å². The van der Waals surface area contributed by atoms with Crippen LogP contribution in [0.3, 0.4) is 0 Å². The maximum atomic E-state index is 5.31. The molecule has 0 atom stereocenters. The van der Waals surface area contributed by atoms with E-state index in [1.165, 1.54) is 12.0 Å². The Morgan fingerprint density at radius 1 is 1.11 bits per heavy atom. The lowest BCUT2D eigenvalue weighted by atomic mass is 9.90. The van der Waals surface area contributed by atoms with Crippen LogP contribution in [0.1, 0.15) is 45.0 Å².